The Kier molecular flexibility index (Phi) is 4.07. The molecule has 2 unspecified atom stereocenters. The second kappa shape index (κ2) is 5.66. The maximum absolute atomic E-state index is 6.37. The fourth-order valence-corrected chi connectivity index (χ4v) is 3.60. The number of rotatable bonds is 2. The predicted molar refractivity (Wildman–Crippen MR) is 87.5 cm³/mol. The predicted octanol–water partition coefficient (Wildman–Crippen LogP) is 4.37. The molecule has 0 amide bonds. The van der Waals surface area contributed by atoms with Crippen LogP contribution in [-0.2, 0) is 0 Å². The van der Waals surface area contributed by atoms with E-state index in [9.17, 15) is 0 Å². The molecule has 2 heterocycles. The highest BCUT2D eigenvalue weighted by molar-refractivity contribution is 9.10. The molecule has 5 heteroatoms. The number of aromatic nitrogens is 2. The summed E-state index contributed by atoms with van der Waals surface area (Å²) in [5.74, 6) is 0.986. The summed E-state index contributed by atoms with van der Waals surface area (Å²) in [5.41, 5.74) is 2.21. The lowest BCUT2D eigenvalue weighted by atomic mass is 10.1. The SMILES string of the molecule is CC(Cl)c1nc2ccc(Br)cc2n1C1CCCN(C)C1. The van der Waals surface area contributed by atoms with Gasteiger partial charge in [-0.25, -0.2) is 4.98 Å². The highest BCUT2D eigenvalue weighted by Crippen LogP contribution is 2.33. The summed E-state index contributed by atoms with van der Waals surface area (Å²) in [5, 5.41) is -0.0755. The lowest BCUT2D eigenvalue weighted by Crippen LogP contribution is -2.34. The van der Waals surface area contributed by atoms with Crippen molar-refractivity contribution in [2.45, 2.75) is 31.2 Å². The number of imidazole rings is 1. The number of likely N-dealkylation sites (tertiary alicyclic amines) is 1. The molecule has 0 aliphatic carbocycles. The van der Waals surface area contributed by atoms with Crippen LogP contribution in [0.1, 0.15) is 37.0 Å². The van der Waals surface area contributed by atoms with Gasteiger partial charge in [-0.05, 0) is 51.6 Å². The molecule has 1 aromatic carbocycles. The second-order valence-electron chi connectivity index (χ2n) is 5.65. The van der Waals surface area contributed by atoms with Crippen molar-refractivity contribution in [2.75, 3.05) is 20.1 Å². The number of benzene rings is 1. The van der Waals surface area contributed by atoms with E-state index in [1.54, 1.807) is 0 Å². The van der Waals surface area contributed by atoms with Crippen molar-refractivity contribution >= 4 is 38.6 Å². The van der Waals surface area contributed by atoms with Gasteiger partial charge in [-0.2, -0.15) is 0 Å². The zero-order chi connectivity index (χ0) is 14.3. The first-order valence-electron chi connectivity index (χ1n) is 7.06. The normalized spacial score (nSPS) is 22.3. The number of piperidine rings is 1. The molecule has 3 nitrogen and oxygen atoms in total. The molecule has 1 aromatic heterocycles. The van der Waals surface area contributed by atoms with Gasteiger partial charge in [-0.15, -0.1) is 11.6 Å². The monoisotopic (exact) mass is 355 g/mol. The van der Waals surface area contributed by atoms with Crippen LogP contribution < -0.4 is 0 Å². The lowest BCUT2D eigenvalue weighted by Gasteiger charge is -2.32. The second-order valence-corrected chi connectivity index (χ2v) is 7.22. The van der Waals surface area contributed by atoms with Crippen LogP contribution in [0.15, 0.2) is 22.7 Å². The summed E-state index contributed by atoms with van der Waals surface area (Å²) in [4.78, 5) is 7.13. The Morgan fingerprint density at radius 3 is 2.95 bits per heavy atom. The number of hydrogen-bond donors (Lipinski definition) is 0. The van der Waals surface area contributed by atoms with Gasteiger partial charge in [-0.1, -0.05) is 15.9 Å². The van der Waals surface area contributed by atoms with Crippen LogP contribution in [0.25, 0.3) is 11.0 Å². The molecule has 1 aliphatic rings. The van der Waals surface area contributed by atoms with E-state index in [2.05, 4.69) is 44.6 Å². The van der Waals surface area contributed by atoms with Crippen molar-refractivity contribution in [3.05, 3.63) is 28.5 Å². The Bertz CT molecular complexity index is 623. The minimum absolute atomic E-state index is 0.0755. The van der Waals surface area contributed by atoms with Crippen LogP contribution in [0.4, 0.5) is 0 Å². The van der Waals surface area contributed by atoms with Gasteiger partial charge < -0.3 is 9.47 Å². The molecule has 0 bridgehead atoms. The third-order valence-electron chi connectivity index (χ3n) is 4.00. The van der Waals surface area contributed by atoms with Gasteiger partial charge in [0.05, 0.1) is 16.4 Å². The van der Waals surface area contributed by atoms with Crippen LogP contribution in [0.3, 0.4) is 0 Å². The Labute approximate surface area is 133 Å². The number of hydrogen-bond acceptors (Lipinski definition) is 2. The molecule has 2 atom stereocenters. The third-order valence-corrected chi connectivity index (χ3v) is 4.69. The van der Waals surface area contributed by atoms with E-state index in [0.717, 1.165) is 22.4 Å². The van der Waals surface area contributed by atoms with Gasteiger partial charge in [-0.3, -0.25) is 0 Å². The first-order chi connectivity index (χ1) is 9.56. The molecule has 2 aromatic rings. The molecule has 1 fully saturated rings. The number of alkyl halides is 1. The van der Waals surface area contributed by atoms with Crippen LogP contribution in [0.5, 0.6) is 0 Å². The van der Waals surface area contributed by atoms with Crippen LogP contribution in [0.2, 0.25) is 0 Å². The Morgan fingerprint density at radius 1 is 1.45 bits per heavy atom. The Morgan fingerprint density at radius 2 is 2.25 bits per heavy atom. The van der Waals surface area contributed by atoms with Crippen molar-refractivity contribution in [3.63, 3.8) is 0 Å². The van der Waals surface area contributed by atoms with E-state index in [1.165, 1.54) is 24.9 Å². The molecule has 0 N–H and O–H groups in total. The fraction of sp³-hybridized carbons (Fsp3) is 0.533. The lowest BCUT2D eigenvalue weighted by molar-refractivity contribution is 0.212. The maximum Gasteiger partial charge on any atom is 0.128 e. The van der Waals surface area contributed by atoms with Crippen LogP contribution in [-0.4, -0.2) is 34.6 Å². The summed E-state index contributed by atoms with van der Waals surface area (Å²) >= 11 is 9.93. The highest BCUT2D eigenvalue weighted by atomic mass is 79.9. The maximum atomic E-state index is 6.37. The van der Waals surface area contributed by atoms with E-state index in [-0.39, 0.29) is 5.38 Å². The fourth-order valence-electron chi connectivity index (χ4n) is 3.10. The molecule has 108 valence electrons. The summed E-state index contributed by atoms with van der Waals surface area (Å²) < 4.78 is 3.44. The highest BCUT2D eigenvalue weighted by Gasteiger charge is 2.25. The summed E-state index contributed by atoms with van der Waals surface area (Å²) in [6.45, 7) is 4.24. The molecule has 1 saturated heterocycles. The van der Waals surface area contributed by atoms with Gasteiger partial charge in [0.1, 0.15) is 5.82 Å². The Hall–Kier alpha value is -0.580. The van der Waals surface area contributed by atoms with Crippen molar-refractivity contribution in [3.8, 4) is 0 Å². The minimum atomic E-state index is -0.0755. The average Bonchev–Trinajstić information content (AvgIpc) is 2.77. The van der Waals surface area contributed by atoms with E-state index < -0.39 is 0 Å². The van der Waals surface area contributed by atoms with Crippen molar-refractivity contribution in [2.24, 2.45) is 0 Å². The van der Waals surface area contributed by atoms with Gasteiger partial charge in [0.15, 0.2) is 0 Å². The zero-order valence-electron chi connectivity index (χ0n) is 11.8. The first kappa shape index (κ1) is 14.4. The average molecular weight is 357 g/mol. The standard InChI is InChI=1S/C15H19BrClN3/c1-10(17)15-18-13-6-5-11(16)8-14(13)20(15)12-4-3-7-19(2)9-12/h5-6,8,10,12H,3-4,7,9H2,1-2H3. The largest absolute Gasteiger partial charge is 0.322 e. The van der Waals surface area contributed by atoms with Crippen molar-refractivity contribution in [1.82, 2.24) is 14.5 Å². The number of nitrogens with zero attached hydrogens (tertiary/aromatic N) is 3. The first-order valence-corrected chi connectivity index (χ1v) is 8.29. The molecular formula is C15H19BrClN3. The molecular weight excluding hydrogens is 338 g/mol. The Balaban J connectivity index is 2.14. The summed E-state index contributed by atoms with van der Waals surface area (Å²) in [6.07, 6.45) is 2.42. The number of likely N-dealkylation sites (N-methyl/N-ethyl adjacent to an activating group) is 1. The molecule has 3 rings (SSSR count). The molecule has 0 spiro atoms. The molecule has 0 saturated carbocycles. The van der Waals surface area contributed by atoms with Gasteiger partial charge in [0, 0.05) is 17.1 Å². The topological polar surface area (TPSA) is 21.1 Å². The van der Waals surface area contributed by atoms with E-state index in [1.807, 2.05) is 13.0 Å². The van der Waals surface area contributed by atoms with Gasteiger partial charge >= 0.3 is 0 Å². The summed E-state index contributed by atoms with van der Waals surface area (Å²) in [6, 6.07) is 6.71. The third kappa shape index (κ3) is 2.61. The van der Waals surface area contributed by atoms with Gasteiger partial charge in [0.25, 0.3) is 0 Å². The van der Waals surface area contributed by atoms with E-state index in [4.69, 9.17) is 16.6 Å². The molecule has 1 aliphatic heterocycles. The molecule has 20 heavy (non-hydrogen) atoms. The quantitative estimate of drug-likeness (QED) is 0.745. The smallest absolute Gasteiger partial charge is 0.128 e. The van der Waals surface area contributed by atoms with Crippen LogP contribution >= 0.6 is 27.5 Å². The van der Waals surface area contributed by atoms with E-state index >= 15 is 0 Å². The van der Waals surface area contributed by atoms with Crippen LogP contribution in [0, 0.1) is 0 Å². The van der Waals surface area contributed by atoms with Crippen molar-refractivity contribution in [1.29, 1.82) is 0 Å². The molecule has 0 radical (unpaired) electrons. The van der Waals surface area contributed by atoms with E-state index in [0.29, 0.717) is 6.04 Å². The van der Waals surface area contributed by atoms with Crippen molar-refractivity contribution < 1.29 is 0 Å². The van der Waals surface area contributed by atoms with Gasteiger partial charge in [0.2, 0.25) is 0 Å². The number of fused-ring (bicyclic) bond motifs is 1. The number of halogens is 2. The zero-order valence-corrected chi connectivity index (χ0v) is 14.2. The summed E-state index contributed by atoms with van der Waals surface area (Å²) in [7, 11) is 2.19. The minimum Gasteiger partial charge on any atom is -0.322 e.